The monoisotopic (exact) mass is 434 g/mol. The second-order valence-electron chi connectivity index (χ2n) is 8.37. The van der Waals surface area contributed by atoms with Gasteiger partial charge >= 0.3 is 0 Å². The van der Waals surface area contributed by atoms with Gasteiger partial charge in [-0.15, -0.1) is 10.2 Å². The number of carbonyl (C=O) groups is 1. The van der Waals surface area contributed by atoms with Crippen molar-refractivity contribution in [3.8, 4) is 5.82 Å². The molecule has 0 aliphatic heterocycles. The Morgan fingerprint density at radius 2 is 1.91 bits per heavy atom. The summed E-state index contributed by atoms with van der Waals surface area (Å²) < 4.78 is 1.99. The van der Waals surface area contributed by atoms with E-state index in [0.29, 0.717) is 24.1 Å². The minimum atomic E-state index is 0.0663. The molecule has 1 aliphatic rings. The molecule has 0 unspecified atom stereocenters. The molecule has 0 atom stereocenters. The molecule has 2 N–H and O–H groups in total. The molecule has 3 aromatic heterocycles. The van der Waals surface area contributed by atoms with E-state index in [2.05, 4.69) is 25.8 Å². The number of carbonyl (C=O) groups excluding carboxylic acids is 1. The predicted molar refractivity (Wildman–Crippen MR) is 129 cm³/mol. The molecule has 1 saturated carbocycles. The smallest absolute Gasteiger partial charge is 0.224 e. The van der Waals surface area contributed by atoms with Crippen LogP contribution in [0.3, 0.4) is 0 Å². The van der Waals surface area contributed by atoms with Gasteiger partial charge in [-0.05, 0) is 60.9 Å². The largest absolute Gasteiger partial charge is 0.353 e. The van der Waals surface area contributed by atoms with Crippen molar-refractivity contribution >= 4 is 39.2 Å². The number of aromatic nitrogens is 4. The van der Waals surface area contributed by atoms with Crippen LogP contribution in [-0.4, -0.2) is 31.7 Å². The first-order valence-corrected chi connectivity index (χ1v) is 11.1. The van der Waals surface area contributed by atoms with Crippen molar-refractivity contribution in [2.45, 2.75) is 25.3 Å². The summed E-state index contributed by atoms with van der Waals surface area (Å²) in [4.78, 5) is 16.7. The van der Waals surface area contributed by atoms with Gasteiger partial charge in [-0.1, -0.05) is 24.3 Å². The Hall–Kier alpha value is -4.26. The molecule has 0 radical (unpaired) electrons. The highest BCUT2D eigenvalue weighted by atomic mass is 16.1. The van der Waals surface area contributed by atoms with E-state index >= 15 is 0 Å². The van der Waals surface area contributed by atoms with Gasteiger partial charge in [0.2, 0.25) is 5.91 Å². The highest BCUT2D eigenvalue weighted by Gasteiger charge is 2.24. The number of anilines is 2. The van der Waals surface area contributed by atoms with E-state index in [-0.39, 0.29) is 5.91 Å². The fourth-order valence-electron chi connectivity index (χ4n) is 4.08. The Labute approximate surface area is 190 Å². The fraction of sp³-hybridized carbons (Fsp3) is 0.154. The zero-order valence-electron chi connectivity index (χ0n) is 17.9. The summed E-state index contributed by atoms with van der Waals surface area (Å²) in [5.74, 6) is 1.42. The maximum Gasteiger partial charge on any atom is 0.224 e. The van der Waals surface area contributed by atoms with Crippen molar-refractivity contribution in [1.29, 1.82) is 0 Å². The molecule has 1 amide bonds. The number of nitrogens with zero attached hydrogens (tertiary/aromatic N) is 4. The van der Waals surface area contributed by atoms with Crippen LogP contribution in [-0.2, 0) is 11.2 Å². The number of amides is 1. The normalized spacial score (nSPS) is 13.3. The van der Waals surface area contributed by atoms with Gasteiger partial charge in [-0.25, -0.2) is 0 Å². The Morgan fingerprint density at radius 1 is 1.00 bits per heavy atom. The minimum absolute atomic E-state index is 0.0663. The first-order chi connectivity index (χ1) is 16.2. The van der Waals surface area contributed by atoms with Crippen LogP contribution in [0.15, 0.2) is 79.1 Å². The number of fused-ring (bicyclic) bond motifs is 2. The van der Waals surface area contributed by atoms with Gasteiger partial charge in [0.05, 0.1) is 17.5 Å². The summed E-state index contributed by atoms with van der Waals surface area (Å²) in [5.41, 5.74) is 3.86. The van der Waals surface area contributed by atoms with Crippen LogP contribution in [0.25, 0.3) is 27.6 Å². The van der Waals surface area contributed by atoms with E-state index in [1.165, 1.54) is 0 Å². The number of nitrogens with one attached hydrogen (secondary N) is 2. The lowest BCUT2D eigenvalue weighted by Gasteiger charge is -2.08. The van der Waals surface area contributed by atoms with Gasteiger partial charge in [-0.2, -0.15) is 0 Å². The van der Waals surface area contributed by atoms with Crippen molar-refractivity contribution in [3.05, 3.63) is 84.7 Å². The van der Waals surface area contributed by atoms with Crippen LogP contribution < -0.4 is 10.6 Å². The Balaban J connectivity index is 1.26. The topological polar surface area (TPSA) is 84.7 Å². The number of para-hydroxylation sites is 1. The summed E-state index contributed by atoms with van der Waals surface area (Å²) in [6.07, 6.45) is 6.30. The van der Waals surface area contributed by atoms with Crippen molar-refractivity contribution < 1.29 is 4.79 Å². The molecule has 1 aliphatic carbocycles. The van der Waals surface area contributed by atoms with E-state index in [1.807, 2.05) is 77.5 Å². The standard InChI is InChI=1S/C26H22N6O/c33-26(29-19-7-8-19)15-18-16-32(23-6-2-1-5-21(18)23)25-12-11-24(30-31-25)28-20-9-10-22-17(14-20)4-3-13-27-22/h1-6,9-14,16,19H,7-8,15H2,(H,28,30)(H,29,33). The average Bonchev–Trinajstić information content (AvgIpc) is 3.59. The molecule has 6 rings (SSSR count). The van der Waals surface area contributed by atoms with Gasteiger partial charge in [0.25, 0.3) is 0 Å². The second kappa shape index (κ2) is 8.02. The van der Waals surface area contributed by atoms with Crippen LogP contribution >= 0.6 is 0 Å². The predicted octanol–water partition coefficient (Wildman–Crippen LogP) is 4.53. The van der Waals surface area contributed by atoms with Crippen LogP contribution in [0, 0.1) is 0 Å². The summed E-state index contributed by atoms with van der Waals surface area (Å²) >= 11 is 0. The van der Waals surface area contributed by atoms with Gasteiger partial charge in [-0.3, -0.25) is 14.3 Å². The average molecular weight is 435 g/mol. The molecule has 7 nitrogen and oxygen atoms in total. The second-order valence-corrected chi connectivity index (χ2v) is 8.37. The van der Waals surface area contributed by atoms with Crippen LogP contribution in [0.1, 0.15) is 18.4 Å². The van der Waals surface area contributed by atoms with Gasteiger partial charge < -0.3 is 10.6 Å². The number of rotatable bonds is 6. The molecule has 1 fully saturated rings. The molecule has 33 heavy (non-hydrogen) atoms. The molecule has 0 saturated heterocycles. The van der Waals surface area contributed by atoms with Crippen molar-refractivity contribution in [2.24, 2.45) is 0 Å². The Kier molecular flexibility index (Phi) is 4.72. The van der Waals surface area contributed by atoms with Crippen molar-refractivity contribution in [1.82, 2.24) is 25.1 Å². The molecule has 2 aromatic carbocycles. The SMILES string of the molecule is O=C(Cc1cn(-c2ccc(Nc3ccc4ncccc4c3)nn2)c2ccccc12)NC1CC1. The van der Waals surface area contributed by atoms with Crippen LogP contribution in [0.2, 0.25) is 0 Å². The third-order valence-corrected chi connectivity index (χ3v) is 5.86. The number of hydrogen-bond donors (Lipinski definition) is 2. The van der Waals surface area contributed by atoms with Crippen molar-refractivity contribution in [2.75, 3.05) is 5.32 Å². The summed E-state index contributed by atoms with van der Waals surface area (Å²) in [7, 11) is 0. The maximum atomic E-state index is 12.4. The number of benzene rings is 2. The lowest BCUT2D eigenvalue weighted by atomic mass is 10.1. The molecule has 3 heterocycles. The van der Waals surface area contributed by atoms with E-state index in [0.717, 1.165) is 45.9 Å². The molecule has 0 spiro atoms. The number of hydrogen-bond acceptors (Lipinski definition) is 5. The van der Waals surface area contributed by atoms with E-state index in [1.54, 1.807) is 6.20 Å². The number of pyridine rings is 1. The van der Waals surface area contributed by atoms with E-state index in [4.69, 9.17) is 0 Å². The molecule has 0 bridgehead atoms. The zero-order chi connectivity index (χ0) is 22.2. The summed E-state index contributed by atoms with van der Waals surface area (Å²) in [6, 6.07) is 22.2. The molecule has 5 aromatic rings. The zero-order valence-corrected chi connectivity index (χ0v) is 17.9. The minimum Gasteiger partial charge on any atom is -0.353 e. The van der Waals surface area contributed by atoms with Crippen molar-refractivity contribution in [3.63, 3.8) is 0 Å². The van der Waals surface area contributed by atoms with E-state index in [9.17, 15) is 4.79 Å². The molecular formula is C26H22N6O. The van der Waals surface area contributed by atoms with Gasteiger partial charge in [0, 0.05) is 34.9 Å². The highest BCUT2D eigenvalue weighted by Crippen LogP contribution is 2.26. The summed E-state index contributed by atoms with van der Waals surface area (Å²) in [6.45, 7) is 0. The molecule has 162 valence electrons. The maximum absolute atomic E-state index is 12.4. The van der Waals surface area contributed by atoms with Gasteiger partial charge in [0.15, 0.2) is 11.6 Å². The highest BCUT2D eigenvalue weighted by molar-refractivity contribution is 5.90. The third kappa shape index (κ3) is 4.01. The fourth-order valence-corrected chi connectivity index (χ4v) is 4.08. The van der Waals surface area contributed by atoms with E-state index < -0.39 is 0 Å². The van der Waals surface area contributed by atoms with Gasteiger partial charge in [0.1, 0.15) is 0 Å². The lowest BCUT2D eigenvalue weighted by molar-refractivity contribution is -0.120. The molecular weight excluding hydrogens is 412 g/mol. The lowest BCUT2D eigenvalue weighted by Crippen LogP contribution is -2.26. The first-order valence-electron chi connectivity index (χ1n) is 11.1. The Morgan fingerprint density at radius 3 is 2.76 bits per heavy atom. The quantitative estimate of drug-likeness (QED) is 0.410. The Bertz CT molecular complexity index is 1470. The van der Waals surface area contributed by atoms with Crippen LogP contribution in [0.4, 0.5) is 11.5 Å². The van der Waals surface area contributed by atoms with Crippen LogP contribution in [0.5, 0.6) is 0 Å². The first kappa shape index (κ1) is 19.4. The molecule has 7 heteroatoms. The summed E-state index contributed by atoms with van der Waals surface area (Å²) in [5, 5.41) is 17.3. The third-order valence-electron chi connectivity index (χ3n) is 5.86.